The van der Waals surface area contributed by atoms with E-state index >= 15 is 0 Å². The van der Waals surface area contributed by atoms with E-state index < -0.39 is 124 Å². The topological polar surface area (TPSA) is 201 Å². The molecule has 0 aromatic rings. The lowest BCUT2D eigenvalue weighted by Crippen LogP contribution is -2.61. The Bertz CT molecular complexity index is 1440. The molecule has 1 saturated carbocycles. The van der Waals surface area contributed by atoms with Gasteiger partial charge in [0.15, 0.2) is 12.6 Å². The third kappa shape index (κ3) is 9.60. The van der Waals surface area contributed by atoms with E-state index in [1.807, 2.05) is 41.8 Å². The van der Waals surface area contributed by atoms with Gasteiger partial charge in [0.1, 0.15) is 23.9 Å². The van der Waals surface area contributed by atoms with Crippen molar-refractivity contribution in [3.8, 4) is 0 Å². The Hall–Kier alpha value is -1.06. The standard InChI is InChI=1S/C39H72N2O14S/c1-19-17-38(9,50-14)33(55-36-30(48-12)26(41(10)11)16-20(2)51-36)22(4)29(53-27-18-37(8,49-13)32(43)25(7)52-27)23(5)35(44)54-34-24(6)39(34,45)31(42)21(3)28(19)40-56(15,46)47/h19-34,36,40,42-43,45H,16-18H2,1-15H3/t19-,20-,21+,22+,23-,24?,25+,26+,27+,28+,29+,30-,31-,32+,33-,34-,36+,37-,38+,39+/m1/s1. The summed E-state index contributed by atoms with van der Waals surface area (Å²) in [5.41, 5.74) is -4.09. The van der Waals surface area contributed by atoms with Gasteiger partial charge in [-0.05, 0) is 67.5 Å². The van der Waals surface area contributed by atoms with Gasteiger partial charge >= 0.3 is 5.97 Å². The van der Waals surface area contributed by atoms with Gasteiger partial charge in [-0.2, -0.15) is 0 Å². The highest BCUT2D eigenvalue weighted by atomic mass is 32.2. The first-order valence-electron chi connectivity index (χ1n) is 20.0. The average Bonchev–Trinajstić information content (AvgIpc) is 3.65. The molecule has 4 fully saturated rings. The van der Waals surface area contributed by atoms with Crippen molar-refractivity contribution in [1.82, 2.24) is 9.62 Å². The lowest BCUT2D eigenvalue weighted by atomic mass is 9.74. The molecule has 20 atom stereocenters. The van der Waals surface area contributed by atoms with E-state index in [0.717, 1.165) is 6.26 Å². The van der Waals surface area contributed by atoms with E-state index in [0.29, 0.717) is 6.42 Å². The zero-order valence-electron chi connectivity index (χ0n) is 36.1. The van der Waals surface area contributed by atoms with Crippen LogP contribution >= 0.6 is 0 Å². The van der Waals surface area contributed by atoms with Crippen molar-refractivity contribution < 1.29 is 66.4 Å². The lowest BCUT2D eigenvalue weighted by Gasteiger charge is -2.50. The number of nitrogens with one attached hydrogen (secondary N) is 1. The maximum Gasteiger partial charge on any atom is 0.311 e. The largest absolute Gasteiger partial charge is 0.458 e. The number of carbonyl (C=O) groups excluding carboxylic acids is 1. The number of sulfonamides is 1. The molecule has 56 heavy (non-hydrogen) atoms. The van der Waals surface area contributed by atoms with Crippen LogP contribution in [0.3, 0.4) is 0 Å². The first-order chi connectivity index (χ1) is 25.8. The number of rotatable bonds is 10. The number of methoxy groups -OCH3 is 3. The smallest absolute Gasteiger partial charge is 0.311 e. The Labute approximate surface area is 334 Å². The predicted molar refractivity (Wildman–Crippen MR) is 206 cm³/mol. The molecule has 0 radical (unpaired) electrons. The van der Waals surface area contributed by atoms with Crippen molar-refractivity contribution >= 4 is 16.0 Å². The molecule has 1 unspecified atom stereocenters. The van der Waals surface area contributed by atoms with Gasteiger partial charge in [0.2, 0.25) is 10.0 Å². The SMILES string of the molecule is CO[C@H]1[C@H](O[C@@H]2[C@@H](C)[C@H](O[C@H]3C[C@@](C)(OC)[C@@H](O)[C@H](C)O3)[C@@H](C)C(=O)O[C@@H]3C(C)[C@]3(O)[C@H](O)[C@@H](C)[C@@H](NS(C)(=O)=O)[C@H](C)C[C@]2(C)OC)O[C@H](C)C[C@@H]1N(C)C. The number of aliphatic hydroxyl groups excluding tert-OH is 2. The fraction of sp³-hybridized carbons (Fsp3) is 0.974. The summed E-state index contributed by atoms with van der Waals surface area (Å²) in [6.45, 7) is 16.1. The summed E-state index contributed by atoms with van der Waals surface area (Å²) in [6.07, 6.45) is -6.61. The number of nitrogens with zero attached hydrogens (tertiary/aromatic N) is 1. The van der Waals surface area contributed by atoms with E-state index in [-0.39, 0.29) is 25.0 Å². The summed E-state index contributed by atoms with van der Waals surface area (Å²) in [6, 6.07) is -0.963. The number of ether oxygens (including phenoxy) is 8. The fourth-order valence-corrected chi connectivity index (χ4v) is 10.7. The zero-order valence-corrected chi connectivity index (χ0v) is 36.9. The minimum atomic E-state index is -3.82. The number of esters is 1. The maximum absolute atomic E-state index is 14.3. The third-order valence-electron chi connectivity index (χ3n) is 13.5. The minimum absolute atomic E-state index is 0.0727. The molecule has 4 N–H and O–H groups in total. The average molecular weight is 825 g/mol. The van der Waals surface area contributed by atoms with Crippen LogP contribution in [0.1, 0.15) is 81.6 Å². The molecule has 328 valence electrons. The molecule has 3 saturated heterocycles. The highest BCUT2D eigenvalue weighted by molar-refractivity contribution is 7.88. The molecule has 0 aromatic heterocycles. The van der Waals surface area contributed by atoms with Gasteiger partial charge < -0.3 is 58.1 Å². The number of likely N-dealkylation sites (N-methyl/N-ethyl adjacent to an activating group) is 1. The summed E-state index contributed by atoms with van der Waals surface area (Å²) >= 11 is 0. The Morgan fingerprint density at radius 2 is 1.46 bits per heavy atom. The van der Waals surface area contributed by atoms with Crippen molar-refractivity contribution in [2.24, 2.45) is 29.6 Å². The van der Waals surface area contributed by atoms with Gasteiger partial charge in [-0.25, -0.2) is 13.1 Å². The first kappa shape index (κ1) is 47.6. The van der Waals surface area contributed by atoms with Crippen molar-refractivity contribution in [1.29, 1.82) is 0 Å². The van der Waals surface area contributed by atoms with Crippen molar-refractivity contribution in [2.45, 2.75) is 172 Å². The Balaban J connectivity index is 1.90. The quantitative estimate of drug-likeness (QED) is 0.232. The fourth-order valence-electron chi connectivity index (χ4n) is 9.73. The Morgan fingerprint density at radius 1 is 0.857 bits per heavy atom. The van der Waals surface area contributed by atoms with Gasteiger partial charge in [0.25, 0.3) is 0 Å². The molecular formula is C39H72N2O14S. The molecule has 3 heterocycles. The van der Waals surface area contributed by atoms with Crippen LogP contribution in [0.4, 0.5) is 0 Å². The molecule has 1 aliphatic carbocycles. The molecule has 17 heteroatoms. The zero-order chi connectivity index (χ0) is 42.5. The van der Waals surface area contributed by atoms with E-state index in [1.165, 1.54) is 7.11 Å². The Morgan fingerprint density at radius 3 is 2.00 bits per heavy atom. The summed E-state index contributed by atoms with van der Waals surface area (Å²) in [7, 11) is 4.78. The van der Waals surface area contributed by atoms with Crippen LogP contribution in [0, 0.1) is 29.6 Å². The normalized spacial score (nSPS) is 49.8. The number of fused-ring (bicyclic) bond motifs is 1. The molecule has 16 nitrogen and oxygen atoms in total. The molecule has 0 aromatic carbocycles. The van der Waals surface area contributed by atoms with Crippen LogP contribution in [0.5, 0.6) is 0 Å². The first-order valence-corrected chi connectivity index (χ1v) is 21.9. The second-order valence-electron chi connectivity index (χ2n) is 18.0. The molecule has 4 rings (SSSR count). The second-order valence-corrected chi connectivity index (χ2v) is 19.8. The number of hydrogen-bond donors (Lipinski definition) is 4. The summed E-state index contributed by atoms with van der Waals surface area (Å²) < 4.78 is 79.2. The van der Waals surface area contributed by atoms with E-state index in [9.17, 15) is 28.5 Å². The molecule has 0 amide bonds. The van der Waals surface area contributed by atoms with Gasteiger partial charge in [-0.1, -0.05) is 27.7 Å². The molecule has 4 aliphatic rings. The lowest BCUT2D eigenvalue weighted by molar-refractivity contribution is -0.321. The highest BCUT2D eigenvalue weighted by Crippen LogP contribution is 2.52. The van der Waals surface area contributed by atoms with Crippen LogP contribution in [0.15, 0.2) is 0 Å². The molecule has 0 spiro atoms. The van der Waals surface area contributed by atoms with Crippen LogP contribution in [0.2, 0.25) is 0 Å². The molecular weight excluding hydrogens is 752 g/mol. The van der Waals surface area contributed by atoms with Crippen molar-refractivity contribution in [2.75, 3.05) is 41.7 Å². The van der Waals surface area contributed by atoms with E-state index in [2.05, 4.69) is 9.62 Å². The van der Waals surface area contributed by atoms with Crippen LogP contribution < -0.4 is 4.72 Å². The summed E-state index contributed by atoms with van der Waals surface area (Å²) in [4.78, 5) is 16.3. The molecule has 0 bridgehead atoms. The number of carbonyl (C=O) groups is 1. The maximum atomic E-state index is 14.3. The second kappa shape index (κ2) is 17.9. The summed E-state index contributed by atoms with van der Waals surface area (Å²) in [5.74, 6) is -4.36. The monoisotopic (exact) mass is 824 g/mol. The van der Waals surface area contributed by atoms with E-state index in [4.69, 9.17) is 37.9 Å². The van der Waals surface area contributed by atoms with E-state index in [1.54, 1.807) is 48.8 Å². The van der Waals surface area contributed by atoms with Crippen LogP contribution in [-0.4, -0.2) is 167 Å². The van der Waals surface area contributed by atoms with Crippen molar-refractivity contribution in [3.05, 3.63) is 0 Å². The highest BCUT2D eigenvalue weighted by Gasteiger charge is 2.70. The summed E-state index contributed by atoms with van der Waals surface area (Å²) in [5, 5.41) is 34.6. The van der Waals surface area contributed by atoms with Crippen LogP contribution in [0.25, 0.3) is 0 Å². The Kier molecular flexibility index (Phi) is 15.2. The minimum Gasteiger partial charge on any atom is -0.458 e. The predicted octanol–water partition coefficient (Wildman–Crippen LogP) is 1.66. The van der Waals surface area contributed by atoms with Crippen molar-refractivity contribution in [3.63, 3.8) is 0 Å². The van der Waals surface area contributed by atoms with Gasteiger partial charge in [0, 0.05) is 57.6 Å². The number of hydrogen-bond acceptors (Lipinski definition) is 15. The molecule has 3 aliphatic heterocycles. The van der Waals surface area contributed by atoms with Gasteiger partial charge in [-0.3, -0.25) is 4.79 Å². The van der Waals surface area contributed by atoms with Crippen LogP contribution in [-0.2, 0) is 52.7 Å². The van der Waals surface area contributed by atoms with Gasteiger partial charge in [-0.15, -0.1) is 0 Å². The van der Waals surface area contributed by atoms with Gasteiger partial charge in [0.05, 0.1) is 53.9 Å². The number of aliphatic hydroxyl groups is 3. The third-order valence-corrected chi connectivity index (χ3v) is 14.2.